The number of nitrogens with one attached hydrogen (secondary N) is 1. The highest BCUT2D eigenvalue weighted by atomic mass is 35.5. The third-order valence-electron chi connectivity index (χ3n) is 4.33. The van der Waals surface area contributed by atoms with Crippen LogP contribution in [0.1, 0.15) is 41.5 Å². The van der Waals surface area contributed by atoms with E-state index in [1.54, 1.807) is 0 Å². The summed E-state index contributed by atoms with van der Waals surface area (Å²) in [5, 5.41) is 3.05. The quantitative estimate of drug-likeness (QED) is 0.802. The van der Waals surface area contributed by atoms with Gasteiger partial charge in [0.05, 0.1) is 6.04 Å². The molecule has 4 heteroatoms. The van der Waals surface area contributed by atoms with Crippen molar-refractivity contribution in [3.63, 3.8) is 0 Å². The predicted molar refractivity (Wildman–Crippen MR) is 69.6 cm³/mol. The van der Waals surface area contributed by atoms with E-state index < -0.39 is 6.04 Å². The smallest absolute Gasteiger partial charge is 0.237 e. The van der Waals surface area contributed by atoms with Crippen LogP contribution in [0.25, 0.3) is 0 Å². The van der Waals surface area contributed by atoms with Crippen molar-refractivity contribution in [2.45, 2.75) is 53.6 Å². The molecule has 3 N–H and O–H groups in total. The van der Waals surface area contributed by atoms with Gasteiger partial charge in [-0.25, -0.2) is 0 Å². The van der Waals surface area contributed by atoms with E-state index in [2.05, 4.69) is 33.0 Å². The lowest BCUT2D eigenvalue weighted by Gasteiger charge is -2.16. The molecule has 1 aliphatic rings. The number of hydrogen-bond acceptors (Lipinski definition) is 2. The maximum absolute atomic E-state index is 11.8. The molecule has 1 fully saturated rings. The van der Waals surface area contributed by atoms with Gasteiger partial charge in [-0.15, -0.1) is 12.4 Å². The van der Waals surface area contributed by atoms with E-state index in [-0.39, 0.29) is 41.1 Å². The Bertz CT molecular complexity index is 260. The Hall–Kier alpha value is -0.280. The van der Waals surface area contributed by atoms with Gasteiger partial charge in [-0.3, -0.25) is 4.79 Å². The molecule has 1 saturated carbocycles. The molecule has 16 heavy (non-hydrogen) atoms. The first-order chi connectivity index (χ1) is 6.62. The van der Waals surface area contributed by atoms with Crippen molar-refractivity contribution in [1.29, 1.82) is 0 Å². The standard InChI is InChI=1S/C12H24N2O.ClH/c1-7(2)8(13)9(15)14-10-11(3,4)12(10,5)6;/h7-8,10H,13H2,1-6H3,(H,14,15);1H/t8-;/m1./s1. The van der Waals surface area contributed by atoms with E-state index in [1.807, 2.05) is 13.8 Å². The summed E-state index contributed by atoms with van der Waals surface area (Å²) in [5.74, 6) is 0.170. The van der Waals surface area contributed by atoms with Crippen molar-refractivity contribution in [3.8, 4) is 0 Å². The Morgan fingerprint density at radius 1 is 1.19 bits per heavy atom. The van der Waals surface area contributed by atoms with Crippen LogP contribution in [-0.4, -0.2) is 18.0 Å². The molecule has 0 unspecified atom stereocenters. The zero-order valence-electron chi connectivity index (χ0n) is 11.1. The number of amides is 1. The Balaban J connectivity index is 0.00000225. The molecule has 0 aromatic rings. The third-order valence-corrected chi connectivity index (χ3v) is 4.33. The van der Waals surface area contributed by atoms with Gasteiger partial charge in [0.2, 0.25) is 5.91 Å². The summed E-state index contributed by atoms with van der Waals surface area (Å²) in [4.78, 5) is 11.8. The van der Waals surface area contributed by atoms with Gasteiger partial charge in [0.1, 0.15) is 0 Å². The van der Waals surface area contributed by atoms with Gasteiger partial charge in [-0.05, 0) is 16.7 Å². The summed E-state index contributed by atoms with van der Waals surface area (Å²) in [7, 11) is 0. The van der Waals surface area contributed by atoms with E-state index in [9.17, 15) is 4.79 Å². The van der Waals surface area contributed by atoms with E-state index in [4.69, 9.17) is 5.73 Å². The number of carbonyl (C=O) groups excluding carboxylic acids is 1. The molecule has 0 saturated heterocycles. The molecule has 1 aliphatic carbocycles. The monoisotopic (exact) mass is 248 g/mol. The van der Waals surface area contributed by atoms with Crippen molar-refractivity contribution in [2.75, 3.05) is 0 Å². The van der Waals surface area contributed by atoms with Crippen LogP contribution in [0.15, 0.2) is 0 Å². The first-order valence-electron chi connectivity index (χ1n) is 5.68. The SMILES string of the molecule is CC(C)[C@@H](N)C(=O)NC1C(C)(C)C1(C)C.Cl. The molecule has 0 heterocycles. The molecule has 1 rings (SSSR count). The average molecular weight is 249 g/mol. The molecule has 1 amide bonds. The van der Waals surface area contributed by atoms with Gasteiger partial charge in [-0.2, -0.15) is 0 Å². The first-order valence-corrected chi connectivity index (χ1v) is 5.68. The van der Waals surface area contributed by atoms with Crippen LogP contribution in [0.2, 0.25) is 0 Å². The highest BCUT2D eigenvalue weighted by Gasteiger charge is 2.65. The summed E-state index contributed by atoms with van der Waals surface area (Å²) in [6.45, 7) is 12.6. The molecule has 0 bridgehead atoms. The van der Waals surface area contributed by atoms with Crippen molar-refractivity contribution in [2.24, 2.45) is 22.5 Å². The molecule has 0 aromatic heterocycles. The highest BCUT2D eigenvalue weighted by Crippen LogP contribution is 2.62. The number of carbonyl (C=O) groups is 1. The van der Waals surface area contributed by atoms with Crippen molar-refractivity contribution in [1.82, 2.24) is 5.32 Å². The maximum Gasteiger partial charge on any atom is 0.237 e. The van der Waals surface area contributed by atoms with Gasteiger partial charge < -0.3 is 11.1 Å². The van der Waals surface area contributed by atoms with E-state index in [0.717, 1.165) is 0 Å². The molecule has 0 aromatic carbocycles. The first kappa shape index (κ1) is 15.7. The van der Waals surface area contributed by atoms with Gasteiger partial charge in [0, 0.05) is 6.04 Å². The highest BCUT2D eigenvalue weighted by molar-refractivity contribution is 5.85. The van der Waals surface area contributed by atoms with Crippen molar-refractivity contribution in [3.05, 3.63) is 0 Å². The number of halogens is 1. The molecule has 0 spiro atoms. The van der Waals surface area contributed by atoms with Gasteiger partial charge >= 0.3 is 0 Å². The summed E-state index contributed by atoms with van der Waals surface area (Å²) < 4.78 is 0. The van der Waals surface area contributed by atoms with E-state index in [0.29, 0.717) is 0 Å². The van der Waals surface area contributed by atoms with Crippen LogP contribution in [0.4, 0.5) is 0 Å². The maximum atomic E-state index is 11.8. The lowest BCUT2D eigenvalue weighted by Crippen LogP contribution is -2.46. The molecule has 96 valence electrons. The van der Waals surface area contributed by atoms with E-state index in [1.165, 1.54) is 0 Å². The minimum Gasteiger partial charge on any atom is -0.351 e. The zero-order valence-corrected chi connectivity index (χ0v) is 11.9. The second-order valence-electron chi connectivity index (χ2n) is 6.15. The fourth-order valence-corrected chi connectivity index (χ4v) is 2.10. The number of rotatable bonds is 3. The van der Waals surface area contributed by atoms with E-state index >= 15 is 0 Å². The summed E-state index contributed by atoms with van der Waals surface area (Å²) >= 11 is 0. The third kappa shape index (κ3) is 2.35. The Morgan fingerprint density at radius 2 is 1.56 bits per heavy atom. The Morgan fingerprint density at radius 3 is 1.81 bits per heavy atom. The van der Waals surface area contributed by atoms with Crippen LogP contribution < -0.4 is 11.1 Å². The second-order valence-corrected chi connectivity index (χ2v) is 6.15. The normalized spacial score (nSPS) is 23.5. The molecule has 0 aliphatic heterocycles. The second kappa shape index (κ2) is 4.53. The topological polar surface area (TPSA) is 55.1 Å². The predicted octanol–water partition coefficient (Wildman–Crippen LogP) is 1.94. The van der Waals surface area contributed by atoms with Crippen LogP contribution in [0, 0.1) is 16.7 Å². The van der Waals surface area contributed by atoms with Gasteiger partial charge in [0.15, 0.2) is 0 Å². The van der Waals surface area contributed by atoms with Gasteiger partial charge in [0.25, 0.3) is 0 Å². The summed E-state index contributed by atoms with van der Waals surface area (Å²) in [6, 6.07) is -0.139. The molecule has 0 radical (unpaired) electrons. The van der Waals surface area contributed by atoms with Crippen LogP contribution in [0.5, 0.6) is 0 Å². The lowest BCUT2D eigenvalue weighted by molar-refractivity contribution is -0.123. The minimum absolute atomic E-state index is 0. The van der Waals surface area contributed by atoms with Gasteiger partial charge in [-0.1, -0.05) is 41.5 Å². The number of hydrogen-bond donors (Lipinski definition) is 2. The molecule has 1 atom stereocenters. The fraction of sp³-hybridized carbons (Fsp3) is 0.917. The Labute approximate surface area is 105 Å². The molecular weight excluding hydrogens is 224 g/mol. The van der Waals surface area contributed by atoms with Crippen molar-refractivity contribution < 1.29 is 4.79 Å². The van der Waals surface area contributed by atoms with Crippen LogP contribution >= 0.6 is 12.4 Å². The molecule has 3 nitrogen and oxygen atoms in total. The molecular formula is C12H25ClN2O. The van der Waals surface area contributed by atoms with Crippen LogP contribution in [-0.2, 0) is 4.79 Å². The largest absolute Gasteiger partial charge is 0.351 e. The number of nitrogens with two attached hydrogens (primary N) is 1. The zero-order chi connectivity index (χ0) is 12.0. The lowest BCUT2D eigenvalue weighted by atomic mass is 10.0. The average Bonchev–Trinajstić information content (AvgIpc) is 2.46. The van der Waals surface area contributed by atoms with Crippen molar-refractivity contribution >= 4 is 18.3 Å². The fourth-order valence-electron chi connectivity index (χ4n) is 2.10. The Kier molecular flexibility index (Phi) is 4.46. The summed E-state index contributed by atoms with van der Waals surface area (Å²) in [6.07, 6.45) is 0. The summed E-state index contributed by atoms with van der Waals surface area (Å²) in [5.41, 5.74) is 6.16. The minimum atomic E-state index is -0.391. The van der Waals surface area contributed by atoms with Crippen LogP contribution in [0.3, 0.4) is 0 Å².